The first-order valence-corrected chi connectivity index (χ1v) is 9.96. The minimum atomic E-state index is -0.607. The number of likely N-dealkylation sites (N-methyl/N-ethyl adjacent to an activating group) is 1. The van der Waals surface area contributed by atoms with Gasteiger partial charge in [0.15, 0.2) is 0 Å². The second-order valence-electron chi connectivity index (χ2n) is 6.65. The highest BCUT2D eigenvalue weighted by molar-refractivity contribution is 6.30. The smallest absolute Gasteiger partial charge is 0.338 e. The molecule has 1 atom stereocenters. The van der Waals surface area contributed by atoms with Crippen molar-refractivity contribution in [1.29, 1.82) is 0 Å². The zero-order valence-corrected chi connectivity index (χ0v) is 17.0. The number of carbonyl (C=O) groups is 2. The fourth-order valence-electron chi connectivity index (χ4n) is 3.56. The highest BCUT2D eigenvalue weighted by atomic mass is 35.5. The molecule has 1 saturated heterocycles. The highest BCUT2D eigenvalue weighted by Gasteiger charge is 2.38. The number of nitrogens with one attached hydrogen (secondary N) is 1. The molecule has 1 aromatic rings. The van der Waals surface area contributed by atoms with E-state index in [1.807, 2.05) is 13.0 Å². The Morgan fingerprint density at radius 1 is 1.32 bits per heavy atom. The van der Waals surface area contributed by atoms with Gasteiger partial charge in [-0.1, -0.05) is 23.7 Å². The van der Waals surface area contributed by atoms with Crippen LogP contribution in [0.25, 0.3) is 0 Å². The molecular formula is C20H26ClN3O4. The van der Waals surface area contributed by atoms with E-state index in [1.165, 1.54) is 0 Å². The summed E-state index contributed by atoms with van der Waals surface area (Å²) in [7, 11) is 0. The van der Waals surface area contributed by atoms with Crippen LogP contribution in [-0.4, -0.2) is 67.8 Å². The zero-order valence-electron chi connectivity index (χ0n) is 16.2. The van der Waals surface area contributed by atoms with E-state index in [4.69, 9.17) is 21.1 Å². The molecule has 0 spiro atoms. The van der Waals surface area contributed by atoms with Gasteiger partial charge in [0.05, 0.1) is 31.4 Å². The first-order chi connectivity index (χ1) is 13.5. The standard InChI is InChI=1S/C20H26ClN3O4/c1-3-24-16(13-23-8-10-27-11-9-23)17(19(25)28-4-2)18(22-20(24)26)14-6-5-7-15(21)12-14/h5-7,12,18H,3-4,8-11,13H2,1-2H3,(H,22,26)/t18-/m1/s1. The summed E-state index contributed by atoms with van der Waals surface area (Å²) in [5, 5.41) is 3.49. The lowest BCUT2D eigenvalue weighted by Gasteiger charge is -2.38. The molecule has 0 bridgehead atoms. The monoisotopic (exact) mass is 407 g/mol. The second-order valence-corrected chi connectivity index (χ2v) is 7.09. The number of morpholine rings is 1. The summed E-state index contributed by atoms with van der Waals surface area (Å²) >= 11 is 6.16. The molecule has 8 heteroatoms. The van der Waals surface area contributed by atoms with Crippen molar-refractivity contribution >= 4 is 23.6 Å². The molecule has 2 aliphatic rings. The summed E-state index contributed by atoms with van der Waals surface area (Å²) in [6.07, 6.45) is 0. The fraction of sp³-hybridized carbons (Fsp3) is 0.500. The number of carbonyl (C=O) groups excluding carboxylic acids is 2. The van der Waals surface area contributed by atoms with Crippen LogP contribution in [0.4, 0.5) is 4.79 Å². The van der Waals surface area contributed by atoms with Gasteiger partial charge in [-0.2, -0.15) is 0 Å². The number of esters is 1. The van der Waals surface area contributed by atoms with Crippen LogP contribution in [0.3, 0.4) is 0 Å². The number of nitrogens with zero attached hydrogens (tertiary/aromatic N) is 2. The molecule has 28 heavy (non-hydrogen) atoms. The highest BCUT2D eigenvalue weighted by Crippen LogP contribution is 2.33. The molecule has 2 heterocycles. The van der Waals surface area contributed by atoms with E-state index in [1.54, 1.807) is 30.0 Å². The molecule has 1 N–H and O–H groups in total. The Kier molecular flexibility index (Phi) is 6.93. The van der Waals surface area contributed by atoms with Crippen LogP contribution < -0.4 is 5.32 Å². The number of halogens is 1. The van der Waals surface area contributed by atoms with Crippen LogP contribution in [0, 0.1) is 0 Å². The Morgan fingerprint density at radius 2 is 2.07 bits per heavy atom. The third-order valence-corrected chi connectivity index (χ3v) is 5.14. The van der Waals surface area contributed by atoms with Gasteiger partial charge in [0.2, 0.25) is 0 Å². The number of ether oxygens (including phenoxy) is 2. The van der Waals surface area contributed by atoms with Crippen LogP contribution in [0.15, 0.2) is 35.5 Å². The largest absolute Gasteiger partial charge is 0.463 e. The van der Waals surface area contributed by atoms with Gasteiger partial charge in [0, 0.05) is 36.9 Å². The lowest BCUT2D eigenvalue weighted by molar-refractivity contribution is -0.139. The average molecular weight is 408 g/mol. The van der Waals surface area contributed by atoms with E-state index in [0.717, 1.165) is 18.7 Å². The van der Waals surface area contributed by atoms with Crippen LogP contribution in [0.1, 0.15) is 25.5 Å². The van der Waals surface area contributed by atoms with Crippen molar-refractivity contribution in [1.82, 2.24) is 15.1 Å². The number of rotatable bonds is 6. The lowest BCUT2D eigenvalue weighted by Crippen LogP contribution is -2.51. The molecule has 0 saturated carbocycles. The molecule has 2 aliphatic heterocycles. The third-order valence-electron chi connectivity index (χ3n) is 4.91. The summed E-state index contributed by atoms with van der Waals surface area (Å²) in [5.41, 5.74) is 1.88. The summed E-state index contributed by atoms with van der Waals surface area (Å²) < 4.78 is 10.8. The topological polar surface area (TPSA) is 71.1 Å². The van der Waals surface area contributed by atoms with E-state index in [-0.39, 0.29) is 12.6 Å². The van der Waals surface area contributed by atoms with E-state index in [9.17, 15) is 9.59 Å². The van der Waals surface area contributed by atoms with Crippen LogP contribution >= 0.6 is 11.6 Å². The third kappa shape index (κ3) is 4.48. The van der Waals surface area contributed by atoms with Gasteiger partial charge < -0.3 is 14.8 Å². The van der Waals surface area contributed by atoms with Crippen molar-refractivity contribution in [3.63, 3.8) is 0 Å². The molecule has 1 aromatic carbocycles. The summed E-state index contributed by atoms with van der Waals surface area (Å²) in [5.74, 6) is -0.422. The van der Waals surface area contributed by atoms with Gasteiger partial charge in [0.25, 0.3) is 0 Å². The van der Waals surface area contributed by atoms with Crippen molar-refractivity contribution in [2.75, 3.05) is 46.0 Å². The minimum Gasteiger partial charge on any atom is -0.463 e. The molecule has 0 aliphatic carbocycles. The van der Waals surface area contributed by atoms with E-state index in [0.29, 0.717) is 42.6 Å². The predicted molar refractivity (Wildman–Crippen MR) is 106 cm³/mol. The molecule has 3 rings (SSSR count). The molecule has 0 unspecified atom stereocenters. The summed E-state index contributed by atoms with van der Waals surface area (Å²) in [6, 6.07) is 6.34. The van der Waals surface area contributed by atoms with Crippen molar-refractivity contribution in [3.8, 4) is 0 Å². The van der Waals surface area contributed by atoms with Crippen molar-refractivity contribution in [2.45, 2.75) is 19.9 Å². The number of benzene rings is 1. The minimum absolute atomic E-state index is 0.233. The van der Waals surface area contributed by atoms with Gasteiger partial charge in [-0.3, -0.25) is 9.80 Å². The molecule has 1 fully saturated rings. The second kappa shape index (κ2) is 9.41. The fourth-order valence-corrected chi connectivity index (χ4v) is 3.76. The van der Waals surface area contributed by atoms with Gasteiger partial charge in [-0.15, -0.1) is 0 Å². The van der Waals surface area contributed by atoms with Crippen LogP contribution in [0.2, 0.25) is 5.02 Å². The van der Waals surface area contributed by atoms with Crippen molar-refractivity contribution < 1.29 is 19.1 Å². The Balaban J connectivity index is 2.08. The Labute approximate surface area is 170 Å². The molecule has 152 valence electrons. The van der Waals surface area contributed by atoms with Gasteiger partial charge in [0.1, 0.15) is 0 Å². The van der Waals surface area contributed by atoms with E-state index >= 15 is 0 Å². The predicted octanol–water partition coefficient (Wildman–Crippen LogP) is 2.58. The first-order valence-electron chi connectivity index (χ1n) is 9.58. The summed E-state index contributed by atoms with van der Waals surface area (Å²) in [4.78, 5) is 29.6. The molecule has 7 nitrogen and oxygen atoms in total. The average Bonchev–Trinajstić information content (AvgIpc) is 2.68. The Bertz CT molecular complexity index is 762. The molecular weight excluding hydrogens is 382 g/mol. The van der Waals surface area contributed by atoms with Crippen molar-refractivity contribution in [2.24, 2.45) is 0 Å². The summed E-state index contributed by atoms with van der Waals surface area (Å²) in [6.45, 7) is 7.63. The zero-order chi connectivity index (χ0) is 20.1. The SMILES string of the molecule is CCOC(=O)C1=C(CN2CCOCC2)N(CC)C(=O)N[C@@H]1c1cccc(Cl)c1. The normalized spacial score (nSPS) is 20.9. The maximum absolute atomic E-state index is 13.0. The maximum atomic E-state index is 13.0. The first kappa shape index (κ1) is 20.6. The van der Waals surface area contributed by atoms with Crippen LogP contribution in [0.5, 0.6) is 0 Å². The van der Waals surface area contributed by atoms with E-state index in [2.05, 4.69) is 10.2 Å². The lowest BCUT2D eigenvalue weighted by atomic mass is 9.94. The van der Waals surface area contributed by atoms with Gasteiger partial charge in [-0.05, 0) is 31.5 Å². The maximum Gasteiger partial charge on any atom is 0.338 e. The molecule has 0 radical (unpaired) electrons. The Hall–Kier alpha value is -2.09. The Morgan fingerprint density at radius 3 is 2.71 bits per heavy atom. The molecule has 0 aromatic heterocycles. The number of amides is 2. The number of hydrogen-bond donors (Lipinski definition) is 1. The van der Waals surface area contributed by atoms with Gasteiger partial charge >= 0.3 is 12.0 Å². The molecule has 2 amide bonds. The van der Waals surface area contributed by atoms with Gasteiger partial charge in [-0.25, -0.2) is 9.59 Å². The van der Waals surface area contributed by atoms with Crippen molar-refractivity contribution in [3.05, 3.63) is 46.1 Å². The number of hydrogen-bond acceptors (Lipinski definition) is 5. The number of urea groups is 1. The van der Waals surface area contributed by atoms with E-state index < -0.39 is 12.0 Å². The quantitative estimate of drug-likeness (QED) is 0.734. The van der Waals surface area contributed by atoms with Crippen LogP contribution in [-0.2, 0) is 14.3 Å².